The first-order valence-corrected chi connectivity index (χ1v) is 5.64. The van der Waals surface area contributed by atoms with Gasteiger partial charge >= 0.3 is 0 Å². The molecule has 0 radical (unpaired) electrons. The Morgan fingerprint density at radius 1 is 1.54 bits per heavy atom. The highest BCUT2D eigenvalue weighted by molar-refractivity contribution is 7.80. The van der Waals surface area contributed by atoms with Crippen LogP contribution in [0.3, 0.4) is 0 Å². The molecule has 1 aromatic rings. The van der Waals surface area contributed by atoms with E-state index in [4.69, 9.17) is 4.42 Å². The third-order valence-electron chi connectivity index (χ3n) is 2.74. The van der Waals surface area contributed by atoms with E-state index in [0.717, 1.165) is 30.3 Å². The Kier molecular flexibility index (Phi) is 2.68. The Bertz CT molecular complexity index is 279. The van der Waals surface area contributed by atoms with Crippen LogP contribution in [-0.4, -0.2) is 5.75 Å². The van der Waals surface area contributed by atoms with Gasteiger partial charge in [-0.3, -0.25) is 0 Å². The highest BCUT2D eigenvalue weighted by Crippen LogP contribution is 2.47. The molecule has 0 bridgehead atoms. The van der Waals surface area contributed by atoms with Crippen LogP contribution in [0.4, 0.5) is 0 Å². The van der Waals surface area contributed by atoms with Gasteiger partial charge in [-0.25, -0.2) is 0 Å². The minimum Gasteiger partial charge on any atom is -0.466 e. The van der Waals surface area contributed by atoms with Crippen LogP contribution in [0.15, 0.2) is 16.5 Å². The summed E-state index contributed by atoms with van der Waals surface area (Å²) in [5.74, 6) is 4.81. The van der Waals surface area contributed by atoms with E-state index in [1.807, 2.05) is 0 Å². The first-order valence-electron chi connectivity index (χ1n) is 5.00. The summed E-state index contributed by atoms with van der Waals surface area (Å²) in [6.07, 6.45) is 3.44. The predicted octanol–water partition coefficient (Wildman–Crippen LogP) is 3.27. The van der Waals surface area contributed by atoms with Crippen molar-refractivity contribution in [1.82, 2.24) is 0 Å². The SMILES string of the molecule is CC1CC1c1ccc(CCCS)o1. The monoisotopic (exact) mass is 196 g/mol. The van der Waals surface area contributed by atoms with Crippen LogP contribution in [0, 0.1) is 5.92 Å². The molecule has 72 valence electrons. The summed E-state index contributed by atoms with van der Waals surface area (Å²) in [5.41, 5.74) is 0. The minimum absolute atomic E-state index is 0.713. The van der Waals surface area contributed by atoms with Gasteiger partial charge in [-0.05, 0) is 36.6 Å². The average molecular weight is 196 g/mol. The highest BCUT2D eigenvalue weighted by atomic mass is 32.1. The first kappa shape index (κ1) is 9.20. The zero-order valence-electron chi connectivity index (χ0n) is 7.99. The molecule has 0 saturated heterocycles. The number of thiol groups is 1. The van der Waals surface area contributed by atoms with Gasteiger partial charge in [0.1, 0.15) is 11.5 Å². The van der Waals surface area contributed by atoms with Crippen molar-refractivity contribution in [2.45, 2.75) is 32.1 Å². The number of hydrogen-bond acceptors (Lipinski definition) is 2. The molecule has 0 amide bonds. The standard InChI is InChI=1S/C11H16OS/c1-8-7-10(8)11-5-4-9(12-11)3-2-6-13/h4-5,8,10,13H,2-3,6-7H2,1H3. The predicted molar refractivity (Wildman–Crippen MR) is 57.4 cm³/mol. The molecule has 1 fully saturated rings. The van der Waals surface area contributed by atoms with Crippen molar-refractivity contribution in [1.29, 1.82) is 0 Å². The van der Waals surface area contributed by atoms with Crippen molar-refractivity contribution < 1.29 is 4.42 Å². The van der Waals surface area contributed by atoms with E-state index in [1.165, 1.54) is 12.2 Å². The fourth-order valence-corrected chi connectivity index (χ4v) is 1.86. The summed E-state index contributed by atoms with van der Waals surface area (Å²) in [5, 5.41) is 0. The Morgan fingerprint density at radius 2 is 2.31 bits per heavy atom. The smallest absolute Gasteiger partial charge is 0.107 e. The van der Waals surface area contributed by atoms with Crippen LogP contribution < -0.4 is 0 Å². The van der Waals surface area contributed by atoms with Crippen LogP contribution >= 0.6 is 12.6 Å². The van der Waals surface area contributed by atoms with Crippen molar-refractivity contribution in [2.24, 2.45) is 5.92 Å². The molecule has 1 aliphatic carbocycles. The zero-order chi connectivity index (χ0) is 9.26. The second-order valence-electron chi connectivity index (χ2n) is 3.95. The number of rotatable bonds is 4. The molecule has 2 atom stereocenters. The average Bonchev–Trinajstić information content (AvgIpc) is 2.67. The summed E-state index contributed by atoms with van der Waals surface area (Å²) >= 11 is 4.18. The fraction of sp³-hybridized carbons (Fsp3) is 0.636. The maximum Gasteiger partial charge on any atom is 0.107 e. The lowest BCUT2D eigenvalue weighted by molar-refractivity contribution is 0.460. The first-order chi connectivity index (χ1) is 6.31. The van der Waals surface area contributed by atoms with Gasteiger partial charge in [0.2, 0.25) is 0 Å². The van der Waals surface area contributed by atoms with Crippen molar-refractivity contribution in [3.8, 4) is 0 Å². The molecule has 1 nitrogen and oxygen atoms in total. The quantitative estimate of drug-likeness (QED) is 0.729. The van der Waals surface area contributed by atoms with E-state index in [1.54, 1.807) is 0 Å². The molecule has 2 rings (SSSR count). The summed E-state index contributed by atoms with van der Waals surface area (Å²) in [6.45, 7) is 2.28. The summed E-state index contributed by atoms with van der Waals surface area (Å²) in [7, 11) is 0. The van der Waals surface area contributed by atoms with E-state index in [0.29, 0.717) is 5.92 Å². The molecule has 0 N–H and O–H groups in total. The maximum atomic E-state index is 5.75. The molecule has 0 aliphatic heterocycles. The highest BCUT2D eigenvalue weighted by Gasteiger charge is 2.36. The molecule has 2 heteroatoms. The lowest BCUT2D eigenvalue weighted by Crippen LogP contribution is -1.82. The molecule has 1 aromatic heterocycles. The third-order valence-corrected chi connectivity index (χ3v) is 3.05. The molecule has 0 spiro atoms. The van der Waals surface area contributed by atoms with Gasteiger partial charge in [-0.2, -0.15) is 12.6 Å². The van der Waals surface area contributed by atoms with Crippen molar-refractivity contribution >= 4 is 12.6 Å². The van der Waals surface area contributed by atoms with Gasteiger partial charge < -0.3 is 4.42 Å². The van der Waals surface area contributed by atoms with E-state index in [2.05, 4.69) is 31.7 Å². The Hall–Kier alpha value is -0.370. The van der Waals surface area contributed by atoms with Crippen LogP contribution in [0.2, 0.25) is 0 Å². The van der Waals surface area contributed by atoms with E-state index in [-0.39, 0.29) is 0 Å². The molecule has 1 saturated carbocycles. The molecule has 1 heterocycles. The van der Waals surface area contributed by atoms with Crippen LogP contribution in [-0.2, 0) is 6.42 Å². The maximum absolute atomic E-state index is 5.75. The second kappa shape index (κ2) is 3.79. The Balaban J connectivity index is 1.94. The topological polar surface area (TPSA) is 13.1 Å². The Morgan fingerprint density at radius 3 is 2.92 bits per heavy atom. The van der Waals surface area contributed by atoms with E-state index >= 15 is 0 Å². The molecule has 0 aromatic carbocycles. The van der Waals surface area contributed by atoms with Gasteiger partial charge in [-0.1, -0.05) is 6.92 Å². The zero-order valence-corrected chi connectivity index (χ0v) is 8.89. The molecule has 13 heavy (non-hydrogen) atoms. The van der Waals surface area contributed by atoms with Crippen molar-refractivity contribution in [3.05, 3.63) is 23.7 Å². The van der Waals surface area contributed by atoms with Gasteiger partial charge in [-0.15, -0.1) is 0 Å². The van der Waals surface area contributed by atoms with Crippen LogP contribution in [0.25, 0.3) is 0 Å². The Labute approximate surface area is 84.9 Å². The van der Waals surface area contributed by atoms with Crippen molar-refractivity contribution in [3.63, 3.8) is 0 Å². The van der Waals surface area contributed by atoms with Crippen molar-refractivity contribution in [2.75, 3.05) is 5.75 Å². The normalized spacial score (nSPS) is 26.3. The summed E-state index contributed by atoms with van der Waals surface area (Å²) in [4.78, 5) is 0. The lowest BCUT2D eigenvalue weighted by atomic mass is 10.2. The minimum atomic E-state index is 0.713. The number of hydrogen-bond donors (Lipinski definition) is 1. The van der Waals surface area contributed by atoms with E-state index < -0.39 is 0 Å². The van der Waals surface area contributed by atoms with Crippen LogP contribution in [0.1, 0.15) is 37.2 Å². The largest absolute Gasteiger partial charge is 0.466 e. The van der Waals surface area contributed by atoms with Gasteiger partial charge in [0, 0.05) is 12.3 Å². The summed E-state index contributed by atoms with van der Waals surface area (Å²) in [6, 6.07) is 4.26. The van der Waals surface area contributed by atoms with Crippen LogP contribution in [0.5, 0.6) is 0 Å². The van der Waals surface area contributed by atoms with E-state index in [9.17, 15) is 0 Å². The molecular formula is C11H16OS. The number of furan rings is 1. The molecule has 2 unspecified atom stereocenters. The van der Waals surface area contributed by atoms with Gasteiger partial charge in [0.05, 0.1) is 0 Å². The third kappa shape index (κ3) is 2.11. The van der Waals surface area contributed by atoms with Gasteiger partial charge in [0.25, 0.3) is 0 Å². The summed E-state index contributed by atoms with van der Waals surface area (Å²) < 4.78 is 5.75. The van der Waals surface area contributed by atoms with Gasteiger partial charge in [0.15, 0.2) is 0 Å². The lowest BCUT2D eigenvalue weighted by Gasteiger charge is -1.94. The second-order valence-corrected chi connectivity index (χ2v) is 4.40. The molecule has 1 aliphatic rings. The fourth-order valence-electron chi connectivity index (χ4n) is 1.70. The molecular weight excluding hydrogens is 180 g/mol. The number of aryl methyl sites for hydroxylation is 1.